The van der Waals surface area contributed by atoms with Crippen LogP contribution in [0.5, 0.6) is 0 Å². The van der Waals surface area contributed by atoms with Crippen molar-refractivity contribution in [1.29, 1.82) is 0 Å². The van der Waals surface area contributed by atoms with E-state index >= 15 is 0 Å². The number of hydrogen-bond donors (Lipinski definition) is 0. The molecule has 1 saturated carbocycles. The molecule has 4 rings (SSSR count). The molecule has 0 radical (unpaired) electrons. The van der Waals surface area contributed by atoms with Gasteiger partial charge < -0.3 is 9.47 Å². The Morgan fingerprint density at radius 2 is 2.15 bits per heavy atom. The maximum absolute atomic E-state index is 13.2. The van der Waals surface area contributed by atoms with Gasteiger partial charge in [-0.2, -0.15) is 0 Å². The Morgan fingerprint density at radius 1 is 1.35 bits per heavy atom. The van der Waals surface area contributed by atoms with Crippen LogP contribution in [0.15, 0.2) is 24.5 Å². The highest BCUT2D eigenvalue weighted by Crippen LogP contribution is 2.46. The highest BCUT2D eigenvalue weighted by atomic mass is 16.2. The van der Waals surface area contributed by atoms with Gasteiger partial charge in [0.15, 0.2) is 0 Å². The molecule has 0 aromatic carbocycles. The van der Waals surface area contributed by atoms with Crippen molar-refractivity contribution in [2.24, 2.45) is 12.5 Å². The molecule has 3 unspecified atom stereocenters. The molecule has 1 saturated heterocycles. The molecule has 2 aromatic rings. The third-order valence-corrected chi connectivity index (χ3v) is 6.90. The third-order valence-electron chi connectivity index (χ3n) is 6.90. The van der Waals surface area contributed by atoms with Gasteiger partial charge in [0.1, 0.15) is 5.65 Å². The Kier molecular flexibility index (Phi) is 4.54. The Balaban J connectivity index is 1.53. The lowest BCUT2D eigenvalue weighted by atomic mass is 9.66. The molecule has 3 heterocycles. The zero-order valence-corrected chi connectivity index (χ0v) is 16.4. The van der Waals surface area contributed by atoms with E-state index < -0.39 is 0 Å². The zero-order valence-electron chi connectivity index (χ0n) is 16.4. The second-order valence-corrected chi connectivity index (χ2v) is 8.78. The highest BCUT2D eigenvalue weighted by molar-refractivity contribution is 5.83. The van der Waals surface area contributed by atoms with Gasteiger partial charge in [0, 0.05) is 43.8 Å². The van der Waals surface area contributed by atoms with Crippen LogP contribution in [0.4, 0.5) is 0 Å². The van der Waals surface area contributed by atoms with Crippen molar-refractivity contribution in [3.8, 4) is 0 Å². The minimum Gasteiger partial charge on any atom is -0.339 e. The molecule has 1 aliphatic heterocycles. The van der Waals surface area contributed by atoms with E-state index in [2.05, 4.69) is 40.6 Å². The van der Waals surface area contributed by atoms with E-state index in [1.165, 1.54) is 43.1 Å². The van der Waals surface area contributed by atoms with Crippen LogP contribution in [0.3, 0.4) is 0 Å². The molecular weight excluding hydrogens is 322 g/mol. The number of nitrogens with zero attached hydrogens (tertiary/aromatic N) is 3. The van der Waals surface area contributed by atoms with Gasteiger partial charge in [0.25, 0.3) is 0 Å². The quantitative estimate of drug-likeness (QED) is 0.806. The SMILES string of the molecule is CC(CC(=O)N1CCCC2(C)CCCCC12)c1cn(C)c2ncccc12. The normalized spacial score (nSPS) is 27.3. The number of carbonyl (C=O) groups is 1. The molecule has 3 atom stereocenters. The minimum atomic E-state index is 0.215. The van der Waals surface area contributed by atoms with Crippen LogP contribution in [0.1, 0.15) is 70.3 Å². The fourth-order valence-electron chi connectivity index (χ4n) is 5.44. The summed E-state index contributed by atoms with van der Waals surface area (Å²) in [5, 5.41) is 1.18. The lowest BCUT2D eigenvalue weighted by Gasteiger charge is -2.51. The minimum absolute atomic E-state index is 0.215. The van der Waals surface area contributed by atoms with E-state index in [1.807, 2.05) is 19.3 Å². The van der Waals surface area contributed by atoms with Crippen LogP contribution in [0.25, 0.3) is 11.0 Å². The molecule has 140 valence electrons. The number of carbonyl (C=O) groups excluding carboxylic acids is 1. The maximum Gasteiger partial charge on any atom is 0.223 e. The second kappa shape index (κ2) is 6.71. The maximum atomic E-state index is 13.2. The van der Waals surface area contributed by atoms with Crippen molar-refractivity contribution >= 4 is 16.9 Å². The Bertz CT molecular complexity index is 807. The average Bonchev–Trinajstić information content (AvgIpc) is 2.98. The van der Waals surface area contributed by atoms with Crippen LogP contribution in [0, 0.1) is 5.41 Å². The molecule has 0 spiro atoms. The van der Waals surface area contributed by atoms with Gasteiger partial charge in [-0.15, -0.1) is 0 Å². The first kappa shape index (κ1) is 17.6. The number of fused-ring (bicyclic) bond motifs is 2. The fraction of sp³-hybridized carbons (Fsp3) is 0.636. The largest absolute Gasteiger partial charge is 0.339 e. The molecule has 2 aromatic heterocycles. The van der Waals surface area contributed by atoms with Gasteiger partial charge in [-0.25, -0.2) is 4.98 Å². The number of aryl methyl sites for hydroxylation is 1. The predicted molar refractivity (Wildman–Crippen MR) is 105 cm³/mol. The molecule has 0 N–H and O–H groups in total. The fourth-order valence-corrected chi connectivity index (χ4v) is 5.44. The summed E-state index contributed by atoms with van der Waals surface area (Å²) in [6.45, 7) is 5.54. The molecule has 0 bridgehead atoms. The number of rotatable bonds is 3. The monoisotopic (exact) mass is 353 g/mol. The van der Waals surface area contributed by atoms with Crippen LogP contribution in [0.2, 0.25) is 0 Å². The van der Waals surface area contributed by atoms with Gasteiger partial charge in [0.2, 0.25) is 5.91 Å². The van der Waals surface area contributed by atoms with E-state index in [4.69, 9.17) is 0 Å². The smallest absolute Gasteiger partial charge is 0.223 e. The van der Waals surface area contributed by atoms with Crippen LogP contribution < -0.4 is 0 Å². The molecule has 2 fully saturated rings. The lowest BCUT2D eigenvalue weighted by Crippen LogP contribution is -2.54. The van der Waals surface area contributed by atoms with Crippen LogP contribution >= 0.6 is 0 Å². The lowest BCUT2D eigenvalue weighted by molar-refractivity contribution is -0.141. The Labute approximate surface area is 156 Å². The van der Waals surface area contributed by atoms with Gasteiger partial charge >= 0.3 is 0 Å². The van der Waals surface area contributed by atoms with Crippen molar-refractivity contribution in [3.63, 3.8) is 0 Å². The Morgan fingerprint density at radius 3 is 3.00 bits per heavy atom. The summed E-state index contributed by atoms with van der Waals surface area (Å²) in [6, 6.07) is 4.56. The Hall–Kier alpha value is -1.84. The number of piperidine rings is 1. The summed E-state index contributed by atoms with van der Waals surface area (Å²) in [4.78, 5) is 19.9. The first-order chi connectivity index (χ1) is 12.5. The number of pyridine rings is 1. The van der Waals surface area contributed by atoms with Crippen molar-refractivity contribution in [1.82, 2.24) is 14.5 Å². The molecule has 2 aliphatic rings. The molecule has 1 amide bonds. The van der Waals surface area contributed by atoms with Gasteiger partial charge in [-0.1, -0.05) is 26.7 Å². The summed E-state index contributed by atoms with van der Waals surface area (Å²) >= 11 is 0. The summed E-state index contributed by atoms with van der Waals surface area (Å²) in [6.07, 6.45) is 12.1. The second-order valence-electron chi connectivity index (χ2n) is 8.78. The number of amides is 1. The third kappa shape index (κ3) is 2.93. The van der Waals surface area contributed by atoms with E-state index in [9.17, 15) is 4.79 Å². The number of hydrogen-bond acceptors (Lipinski definition) is 2. The van der Waals surface area contributed by atoms with Gasteiger partial charge in [0.05, 0.1) is 0 Å². The zero-order chi connectivity index (χ0) is 18.3. The first-order valence-corrected chi connectivity index (χ1v) is 10.2. The van der Waals surface area contributed by atoms with Crippen molar-refractivity contribution < 1.29 is 4.79 Å². The molecule has 26 heavy (non-hydrogen) atoms. The predicted octanol–water partition coefficient (Wildman–Crippen LogP) is 4.64. The summed E-state index contributed by atoms with van der Waals surface area (Å²) < 4.78 is 2.07. The van der Waals surface area contributed by atoms with Crippen molar-refractivity contribution in [3.05, 3.63) is 30.1 Å². The van der Waals surface area contributed by atoms with E-state index in [1.54, 1.807) is 0 Å². The van der Waals surface area contributed by atoms with E-state index in [0.717, 1.165) is 18.6 Å². The molecule has 4 nitrogen and oxygen atoms in total. The van der Waals surface area contributed by atoms with E-state index in [-0.39, 0.29) is 5.92 Å². The summed E-state index contributed by atoms with van der Waals surface area (Å²) in [7, 11) is 2.03. The topological polar surface area (TPSA) is 38.1 Å². The van der Waals surface area contributed by atoms with Gasteiger partial charge in [-0.05, 0) is 54.7 Å². The number of aromatic nitrogens is 2. The highest BCUT2D eigenvalue weighted by Gasteiger charge is 2.44. The van der Waals surface area contributed by atoms with Crippen LogP contribution in [-0.4, -0.2) is 32.9 Å². The number of likely N-dealkylation sites (tertiary alicyclic amines) is 1. The summed E-state index contributed by atoms with van der Waals surface area (Å²) in [5.41, 5.74) is 2.59. The van der Waals surface area contributed by atoms with E-state index in [0.29, 0.717) is 23.8 Å². The summed E-state index contributed by atoms with van der Waals surface area (Å²) in [5.74, 6) is 0.559. The van der Waals surface area contributed by atoms with Crippen LogP contribution in [-0.2, 0) is 11.8 Å². The molecule has 1 aliphatic carbocycles. The van der Waals surface area contributed by atoms with Crippen molar-refractivity contribution in [2.75, 3.05) is 6.54 Å². The van der Waals surface area contributed by atoms with Crippen molar-refractivity contribution in [2.45, 2.75) is 70.8 Å². The molecule has 4 heteroatoms. The average molecular weight is 354 g/mol. The molecular formula is C22H31N3O. The van der Waals surface area contributed by atoms with Gasteiger partial charge in [-0.3, -0.25) is 4.79 Å². The first-order valence-electron chi connectivity index (χ1n) is 10.2. The standard InChI is InChI=1S/C22H31N3O/c1-16(18-15-24(3)21-17(18)8-6-12-23-21)14-20(26)25-13-7-11-22(2)10-5-4-9-19(22)25/h6,8,12,15-16,19H,4-5,7,9-11,13-14H2,1-3H3.